The zero-order valence-electron chi connectivity index (χ0n) is 17.4. The Morgan fingerprint density at radius 2 is 1.38 bits per heavy atom. The molecular formula is C26H24F2N2O2. The predicted molar refractivity (Wildman–Crippen MR) is 116 cm³/mol. The Morgan fingerprint density at radius 3 is 1.88 bits per heavy atom. The van der Waals surface area contributed by atoms with Crippen molar-refractivity contribution in [3.8, 4) is 0 Å². The lowest BCUT2D eigenvalue weighted by Gasteiger charge is -2.29. The fourth-order valence-corrected chi connectivity index (χ4v) is 4.87. The van der Waals surface area contributed by atoms with Crippen LogP contribution in [0.1, 0.15) is 16.7 Å². The van der Waals surface area contributed by atoms with Gasteiger partial charge < -0.3 is 10.4 Å². The van der Waals surface area contributed by atoms with Gasteiger partial charge in [0.25, 0.3) is 5.91 Å². The van der Waals surface area contributed by atoms with E-state index in [1.807, 2.05) is 18.2 Å². The van der Waals surface area contributed by atoms with Gasteiger partial charge in [-0.3, -0.25) is 9.69 Å². The summed E-state index contributed by atoms with van der Waals surface area (Å²) in [5, 5.41) is 14.5. The number of carbonyl (C=O) groups excluding carboxylic acids is 1. The molecule has 3 aromatic rings. The zero-order valence-corrected chi connectivity index (χ0v) is 17.4. The van der Waals surface area contributed by atoms with Crippen LogP contribution < -0.4 is 5.32 Å². The first-order valence-corrected chi connectivity index (χ1v) is 10.8. The summed E-state index contributed by atoms with van der Waals surface area (Å²) in [5.74, 6) is -0.830. The summed E-state index contributed by atoms with van der Waals surface area (Å²) in [6.45, 7) is 2.65. The van der Waals surface area contributed by atoms with Crippen LogP contribution in [0.3, 0.4) is 0 Å². The van der Waals surface area contributed by atoms with Gasteiger partial charge in [0.1, 0.15) is 11.6 Å². The number of fused-ring (bicyclic) bond motifs is 1. The number of piperidine rings is 1. The van der Waals surface area contributed by atoms with Crippen molar-refractivity contribution < 1.29 is 18.7 Å². The molecule has 1 heterocycles. The molecule has 5 rings (SSSR count). The molecule has 2 fully saturated rings. The smallest absolute Gasteiger partial charge is 0.261 e. The van der Waals surface area contributed by atoms with Crippen LogP contribution in [0.15, 0.2) is 78.9 Å². The Labute approximate surface area is 185 Å². The average molecular weight is 434 g/mol. The molecule has 1 saturated heterocycles. The van der Waals surface area contributed by atoms with Gasteiger partial charge in [-0.05, 0) is 52.8 Å². The molecule has 0 radical (unpaired) electrons. The minimum atomic E-state index is -2.04. The second-order valence-corrected chi connectivity index (χ2v) is 8.73. The van der Waals surface area contributed by atoms with Gasteiger partial charge in [-0.1, -0.05) is 54.6 Å². The van der Waals surface area contributed by atoms with E-state index in [2.05, 4.69) is 22.3 Å². The molecule has 32 heavy (non-hydrogen) atoms. The van der Waals surface area contributed by atoms with Crippen LogP contribution in [-0.4, -0.2) is 35.0 Å². The molecule has 2 aliphatic rings. The second-order valence-electron chi connectivity index (χ2n) is 8.73. The first kappa shape index (κ1) is 20.8. The first-order valence-electron chi connectivity index (χ1n) is 10.8. The Balaban J connectivity index is 1.30. The topological polar surface area (TPSA) is 52.6 Å². The Bertz CT molecular complexity index is 1050. The third-order valence-corrected chi connectivity index (χ3v) is 6.67. The molecule has 164 valence electrons. The average Bonchev–Trinajstić information content (AvgIpc) is 3.24. The van der Waals surface area contributed by atoms with Crippen LogP contribution in [0.2, 0.25) is 0 Å². The molecular weight excluding hydrogens is 410 g/mol. The Kier molecular flexibility index (Phi) is 5.27. The van der Waals surface area contributed by atoms with E-state index in [4.69, 9.17) is 0 Å². The minimum absolute atomic E-state index is 0.0121. The van der Waals surface area contributed by atoms with Crippen molar-refractivity contribution in [1.29, 1.82) is 0 Å². The van der Waals surface area contributed by atoms with Crippen LogP contribution in [0, 0.1) is 23.5 Å². The summed E-state index contributed by atoms with van der Waals surface area (Å²) >= 11 is 0. The lowest BCUT2D eigenvalue weighted by molar-refractivity contribution is -0.137. The molecule has 1 saturated carbocycles. The number of hydrogen-bond donors (Lipinski definition) is 2. The van der Waals surface area contributed by atoms with Gasteiger partial charge >= 0.3 is 0 Å². The normalized spacial score (nSPS) is 22.4. The molecule has 4 nitrogen and oxygen atoms in total. The van der Waals surface area contributed by atoms with Gasteiger partial charge in [-0.15, -0.1) is 0 Å². The summed E-state index contributed by atoms with van der Waals surface area (Å²) in [6, 6.07) is 20.6. The van der Waals surface area contributed by atoms with Gasteiger partial charge in [-0.2, -0.15) is 0 Å². The quantitative estimate of drug-likeness (QED) is 0.625. The first-order chi connectivity index (χ1) is 15.4. The minimum Gasteiger partial charge on any atom is -0.372 e. The molecule has 2 unspecified atom stereocenters. The molecule has 0 aromatic heterocycles. The lowest BCUT2D eigenvalue weighted by Crippen LogP contribution is -2.47. The lowest BCUT2D eigenvalue weighted by atomic mass is 9.85. The fraction of sp³-hybridized carbons (Fsp3) is 0.269. The van der Waals surface area contributed by atoms with Crippen molar-refractivity contribution in [3.05, 3.63) is 107 Å². The monoisotopic (exact) mass is 434 g/mol. The third-order valence-electron chi connectivity index (χ3n) is 6.67. The molecule has 2 atom stereocenters. The summed E-state index contributed by atoms with van der Waals surface area (Å²) < 4.78 is 26.9. The van der Waals surface area contributed by atoms with Crippen molar-refractivity contribution in [2.24, 2.45) is 11.8 Å². The van der Waals surface area contributed by atoms with Gasteiger partial charge in [0.05, 0.1) is 0 Å². The number of rotatable bonds is 6. The standard InChI is InChI=1S/C26H24F2N2O2/c27-20-10-6-18(7-11-20)26(32,19-8-12-21(28)13-9-19)25(31)29-24-22-15-30(16-23(22)24)14-17-4-2-1-3-5-17/h1-13,22-24,32H,14-16H2,(H,29,31). The molecule has 1 aliphatic heterocycles. The number of carbonyl (C=O) groups is 1. The van der Waals surface area contributed by atoms with E-state index in [-0.39, 0.29) is 17.2 Å². The van der Waals surface area contributed by atoms with Gasteiger partial charge in [-0.25, -0.2) is 8.78 Å². The molecule has 1 amide bonds. The predicted octanol–water partition coefficient (Wildman–Crippen LogP) is 3.45. The molecule has 3 aromatic carbocycles. The Morgan fingerprint density at radius 1 is 0.875 bits per heavy atom. The highest BCUT2D eigenvalue weighted by molar-refractivity contribution is 5.90. The number of likely N-dealkylation sites (tertiary alicyclic amines) is 1. The van der Waals surface area contributed by atoms with Crippen molar-refractivity contribution in [3.63, 3.8) is 0 Å². The largest absolute Gasteiger partial charge is 0.372 e. The number of nitrogens with one attached hydrogen (secondary N) is 1. The van der Waals surface area contributed by atoms with E-state index in [0.717, 1.165) is 19.6 Å². The van der Waals surface area contributed by atoms with Gasteiger partial charge in [0.15, 0.2) is 5.60 Å². The van der Waals surface area contributed by atoms with E-state index < -0.39 is 23.1 Å². The summed E-state index contributed by atoms with van der Waals surface area (Å²) in [4.78, 5) is 15.7. The molecule has 2 N–H and O–H groups in total. The van der Waals surface area contributed by atoms with E-state index in [9.17, 15) is 18.7 Å². The van der Waals surface area contributed by atoms with Crippen LogP contribution in [0.4, 0.5) is 8.78 Å². The van der Waals surface area contributed by atoms with E-state index >= 15 is 0 Å². The number of nitrogens with zero attached hydrogens (tertiary/aromatic N) is 1. The third kappa shape index (κ3) is 3.80. The molecule has 0 bridgehead atoms. The van der Waals surface area contributed by atoms with E-state index in [0.29, 0.717) is 11.8 Å². The van der Waals surface area contributed by atoms with Gasteiger partial charge in [0, 0.05) is 25.7 Å². The maximum Gasteiger partial charge on any atom is 0.261 e. The Hall–Kier alpha value is -3.09. The number of halogens is 2. The van der Waals surface area contributed by atoms with Crippen molar-refractivity contribution in [2.75, 3.05) is 13.1 Å². The fourth-order valence-electron chi connectivity index (χ4n) is 4.87. The maximum absolute atomic E-state index is 13.5. The van der Waals surface area contributed by atoms with Crippen LogP contribution in [0.5, 0.6) is 0 Å². The van der Waals surface area contributed by atoms with E-state index in [1.54, 1.807) is 0 Å². The van der Waals surface area contributed by atoms with E-state index in [1.165, 1.54) is 54.1 Å². The highest BCUT2D eigenvalue weighted by Crippen LogP contribution is 2.46. The van der Waals surface area contributed by atoms with Crippen molar-refractivity contribution in [1.82, 2.24) is 10.2 Å². The van der Waals surface area contributed by atoms with Crippen LogP contribution in [-0.2, 0) is 16.9 Å². The number of amides is 1. The second kappa shape index (κ2) is 8.11. The molecule has 6 heteroatoms. The maximum atomic E-state index is 13.5. The molecule has 1 aliphatic carbocycles. The van der Waals surface area contributed by atoms with Gasteiger partial charge in [0.2, 0.25) is 0 Å². The van der Waals surface area contributed by atoms with Crippen molar-refractivity contribution >= 4 is 5.91 Å². The summed E-state index contributed by atoms with van der Waals surface area (Å²) in [5.41, 5.74) is -0.308. The SMILES string of the molecule is O=C(NC1C2CN(Cc3ccccc3)CC21)C(O)(c1ccc(F)cc1)c1ccc(F)cc1. The highest BCUT2D eigenvalue weighted by Gasteiger charge is 2.57. The number of aliphatic hydroxyl groups is 1. The number of hydrogen-bond acceptors (Lipinski definition) is 3. The molecule has 0 spiro atoms. The zero-order chi connectivity index (χ0) is 22.3. The number of benzene rings is 3. The van der Waals surface area contributed by atoms with Crippen LogP contribution in [0.25, 0.3) is 0 Å². The summed E-state index contributed by atoms with van der Waals surface area (Å²) in [7, 11) is 0. The summed E-state index contributed by atoms with van der Waals surface area (Å²) in [6.07, 6.45) is 0. The highest BCUT2D eigenvalue weighted by atomic mass is 19.1. The van der Waals surface area contributed by atoms with Crippen molar-refractivity contribution in [2.45, 2.75) is 18.2 Å². The van der Waals surface area contributed by atoms with Crippen LogP contribution >= 0.6 is 0 Å².